The van der Waals surface area contributed by atoms with E-state index in [1.165, 1.54) is 6.07 Å². The fraction of sp³-hybridized carbons (Fsp3) is 0.333. The molecule has 36 heavy (non-hydrogen) atoms. The van der Waals surface area contributed by atoms with Gasteiger partial charge < -0.3 is 29.6 Å². The highest BCUT2D eigenvalue weighted by Gasteiger charge is 2.33. The Hall–Kier alpha value is -3.85. The highest BCUT2D eigenvalue weighted by molar-refractivity contribution is 6.04. The number of aromatic hydroxyl groups is 1. The molecule has 2 aromatic carbocycles. The van der Waals surface area contributed by atoms with Gasteiger partial charge in [0, 0.05) is 48.2 Å². The van der Waals surface area contributed by atoms with Crippen LogP contribution >= 0.6 is 0 Å². The van der Waals surface area contributed by atoms with Crippen LogP contribution in [0.3, 0.4) is 0 Å². The molecule has 1 saturated heterocycles. The summed E-state index contributed by atoms with van der Waals surface area (Å²) in [6.07, 6.45) is 3.75. The van der Waals surface area contributed by atoms with E-state index >= 15 is 4.39 Å². The Bertz CT molecular complexity index is 1530. The second-order valence-corrected chi connectivity index (χ2v) is 9.86. The van der Waals surface area contributed by atoms with E-state index in [9.17, 15) is 9.90 Å². The fourth-order valence-electron chi connectivity index (χ4n) is 5.48. The summed E-state index contributed by atoms with van der Waals surface area (Å²) >= 11 is 0. The van der Waals surface area contributed by atoms with Crippen LogP contribution in [0.1, 0.15) is 47.3 Å². The third-order valence-corrected chi connectivity index (χ3v) is 7.54. The van der Waals surface area contributed by atoms with Gasteiger partial charge in [-0.1, -0.05) is 12.1 Å². The number of ether oxygens (including phenoxy) is 1. The number of benzene rings is 2. The van der Waals surface area contributed by atoms with Crippen molar-refractivity contribution < 1.29 is 23.6 Å². The van der Waals surface area contributed by atoms with Crippen molar-refractivity contribution in [1.82, 2.24) is 15.5 Å². The third kappa shape index (κ3) is 3.22. The summed E-state index contributed by atoms with van der Waals surface area (Å²) in [6, 6.07) is 7.00. The van der Waals surface area contributed by atoms with Gasteiger partial charge in [0.1, 0.15) is 11.6 Å². The first-order chi connectivity index (χ1) is 17.5. The van der Waals surface area contributed by atoms with Gasteiger partial charge in [0.2, 0.25) is 0 Å². The smallest absolute Gasteiger partial charge is 0.274 e. The minimum Gasteiger partial charge on any atom is -0.507 e. The molecule has 4 bridgehead atoms. The number of carbonyl (C=O) groups excluding carboxylic acids is 1. The topological polar surface area (TPSA) is 104 Å². The van der Waals surface area contributed by atoms with Crippen molar-refractivity contribution in [2.75, 3.05) is 31.2 Å². The predicted molar refractivity (Wildman–Crippen MR) is 132 cm³/mol. The molecule has 0 radical (unpaired) electrons. The number of carbonyl (C=O) groups is 1. The minimum atomic E-state index is -0.378. The van der Waals surface area contributed by atoms with Crippen LogP contribution < -0.4 is 10.2 Å². The second-order valence-electron chi connectivity index (χ2n) is 9.86. The molecule has 3 heterocycles. The van der Waals surface area contributed by atoms with Gasteiger partial charge in [-0.15, -0.1) is 0 Å². The van der Waals surface area contributed by atoms with E-state index in [4.69, 9.17) is 9.26 Å². The van der Waals surface area contributed by atoms with Crippen LogP contribution in [0, 0.1) is 5.82 Å². The summed E-state index contributed by atoms with van der Waals surface area (Å²) in [7, 11) is 0. The number of H-pyrrole nitrogens is 1. The Morgan fingerprint density at radius 3 is 2.78 bits per heavy atom. The van der Waals surface area contributed by atoms with Crippen molar-refractivity contribution >= 4 is 22.5 Å². The van der Waals surface area contributed by atoms with Crippen LogP contribution in [0.25, 0.3) is 33.4 Å². The normalized spacial score (nSPS) is 18.9. The zero-order chi connectivity index (χ0) is 24.6. The number of phenolic OH excluding ortho intramolecular Hbond substituents is 1. The molecule has 8 nitrogen and oxygen atoms in total. The van der Waals surface area contributed by atoms with E-state index in [0.29, 0.717) is 48.7 Å². The van der Waals surface area contributed by atoms with Crippen LogP contribution in [-0.4, -0.2) is 53.5 Å². The zero-order valence-corrected chi connectivity index (χ0v) is 19.7. The summed E-state index contributed by atoms with van der Waals surface area (Å²) < 4.78 is 27.3. The van der Waals surface area contributed by atoms with E-state index in [1.54, 1.807) is 6.07 Å². The molecule has 1 amide bonds. The minimum absolute atomic E-state index is 0.0127. The van der Waals surface area contributed by atoms with Crippen molar-refractivity contribution in [2.45, 2.75) is 31.7 Å². The van der Waals surface area contributed by atoms with Crippen molar-refractivity contribution in [3.05, 3.63) is 53.1 Å². The van der Waals surface area contributed by atoms with E-state index < -0.39 is 0 Å². The molecule has 1 aliphatic heterocycles. The Kier molecular flexibility index (Phi) is 4.66. The largest absolute Gasteiger partial charge is 0.507 e. The molecular formula is C27H25FN4O4. The van der Waals surface area contributed by atoms with E-state index in [-0.39, 0.29) is 40.9 Å². The first-order valence-electron chi connectivity index (χ1n) is 12.3. The number of rotatable bonds is 3. The van der Waals surface area contributed by atoms with Gasteiger partial charge in [-0.3, -0.25) is 4.79 Å². The van der Waals surface area contributed by atoms with E-state index in [2.05, 4.69) is 22.4 Å². The summed E-state index contributed by atoms with van der Waals surface area (Å²) in [6.45, 7) is 4.30. The number of anilines is 1. The van der Waals surface area contributed by atoms with Crippen molar-refractivity contribution in [3.63, 3.8) is 0 Å². The first kappa shape index (κ1) is 21.4. The average Bonchev–Trinajstić information content (AvgIpc) is 3.42. The van der Waals surface area contributed by atoms with Crippen LogP contribution in [0.4, 0.5) is 10.1 Å². The highest BCUT2D eigenvalue weighted by atomic mass is 19.1. The third-order valence-electron chi connectivity index (χ3n) is 7.54. The van der Waals surface area contributed by atoms with Gasteiger partial charge in [0.15, 0.2) is 11.5 Å². The van der Waals surface area contributed by atoms with Crippen LogP contribution in [0.2, 0.25) is 0 Å². The summed E-state index contributed by atoms with van der Waals surface area (Å²) in [4.78, 5) is 18.4. The molecule has 7 rings (SSSR count). The molecule has 2 aliphatic carbocycles. The second kappa shape index (κ2) is 7.83. The highest BCUT2D eigenvalue weighted by Crippen LogP contribution is 2.47. The fourth-order valence-corrected chi connectivity index (χ4v) is 5.48. The van der Waals surface area contributed by atoms with Crippen molar-refractivity contribution in [1.29, 1.82) is 0 Å². The molecule has 0 spiro atoms. The molecule has 184 valence electrons. The van der Waals surface area contributed by atoms with Crippen LogP contribution in [0.15, 0.2) is 35.0 Å². The molecule has 1 saturated carbocycles. The molecule has 3 aliphatic rings. The lowest BCUT2D eigenvalue weighted by molar-refractivity contribution is 0.0942. The molecule has 1 atom stereocenters. The standard InChI is InChI=1S/C27H25FN4O4/c1-13-16-8-14(9-20(28)25(16)32-4-6-35-7-5-32)23-24(27(34)30-15-2-3-15)31-36-26(23)18-10-17-19(13)12-29-21(17)11-22(18)33/h8-13,15,29,33H,2-7H2,1H3,(H,30,34). The number of hydrogen-bond donors (Lipinski definition) is 3. The SMILES string of the molecule is CC1c2cc(cc(F)c2N2CCOCC2)-c2c(C(=O)NC3CC3)noc2-c2cc3c1c[nH]c3cc2O. The number of morpholine rings is 1. The number of halogens is 1. The van der Waals surface area contributed by atoms with E-state index in [0.717, 1.165) is 34.9 Å². The number of phenols is 1. The monoisotopic (exact) mass is 488 g/mol. The molecule has 1 unspecified atom stereocenters. The lowest BCUT2D eigenvalue weighted by atomic mass is 9.85. The quantitative estimate of drug-likeness (QED) is 0.392. The number of fused-ring (bicyclic) bond motifs is 6. The summed E-state index contributed by atoms with van der Waals surface area (Å²) in [5.41, 5.74) is 4.45. The summed E-state index contributed by atoms with van der Waals surface area (Å²) in [5.74, 6) is -0.691. The van der Waals surface area contributed by atoms with Gasteiger partial charge in [-0.2, -0.15) is 0 Å². The lowest BCUT2D eigenvalue weighted by Crippen LogP contribution is -2.37. The van der Waals surface area contributed by atoms with E-state index in [1.807, 2.05) is 23.2 Å². The van der Waals surface area contributed by atoms with Gasteiger partial charge in [0.25, 0.3) is 5.91 Å². The first-order valence-corrected chi connectivity index (χ1v) is 12.3. The van der Waals surface area contributed by atoms with Gasteiger partial charge >= 0.3 is 0 Å². The number of aromatic amines is 1. The molecular weight excluding hydrogens is 463 g/mol. The Morgan fingerprint density at radius 1 is 1.19 bits per heavy atom. The van der Waals surface area contributed by atoms with Crippen LogP contribution in [0.5, 0.6) is 5.75 Å². The van der Waals surface area contributed by atoms with Crippen LogP contribution in [-0.2, 0) is 4.74 Å². The maximum Gasteiger partial charge on any atom is 0.274 e. The molecule has 2 aromatic heterocycles. The van der Waals surface area contributed by atoms with Crippen molar-refractivity contribution in [3.8, 4) is 28.2 Å². The molecule has 4 aromatic rings. The van der Waals surface area contributed by atoms with Gasteiger partial charge in [0.05, 0.1) is 30.0 Å². The maximum atomic E-state index is 16.0. The average molecular weight is 489 g/mol. The Balaban J connectivity index is 1.53. The number of nitrogens with zero attached hydrogens (tertiary/aromatic N) is 2. The Morgan fingerprint density at radius 2 is 2.00 bits per heavy atom. The number of amides is 1. The van der Waals surface area contributed by atoms with Gasteiger partial charge in [-0.05, 0) is 47.7 Å². The zero-order valence-electron chi connectivity index (χ0n) is 19.7. The van der Waals surface area contributed by atoms with Gasteiger partial charge in [-0.25, -0.2) is 4.39 Å². The predicted octanol–water partition coefficient (Wildman–Crippen LogP) is 4.53. The number of hydrogen-bond acceptors (Lipinski definition) is 6. The van der Waals surface area contributed by atoms with Crippen molar-refractivity contribution in [2.24, 2.45) is 0 Å². The maximum absolute atomic E-state index is 16.0. The Labute approximate surface area is 206 Å². The molecule has 2 fully saturated rings. The lowest BCUT2D eigenvalue weighted by Gasteiger charge is -2.32. The number of nitrogens with one attached hydrogen (secondary N) is 2. The number of aromatic nitrogens is 2. The molecule has 3 N–H and O–H groups in total. The summed E-state index contributed by atoms with van der Waals surface area (Å²) in [5, 5.41) is 18.9. The molecule has 9 heteroatoms.